The van der Waals surface area contributed by atoms with E-state index in [0.717, 1.165) is 16.8 Å². The Morgan fingerprint density at radius 1 is 1.00 bits per heavy atom. The highest BCUT2D eigenvalue weighted by atomic mass is 32.2. The highest BCUT2D eigenvalue weighted by Crippen LogP contribution is 2.28. The van der Waals surface area contributed by atoms with Crippen LogP contribution in [0.5, 0.6) is 5.75 Å². The maximum absolute atomic E-state index is 12.5. The molecule has 0 saturated heterocycles. The summed E-state index contributed by atoms with van der Waals surface area (Å²) >= 11 is 1.29. The van der Waals surface area contributed by atoms with Gasteiger partial charge < -0.3 is 10.4 Å². The normalized spacial score (nSPS) is 10.7. The molecule has 0 bridgehead atoms. The average molecular weight is 417 g/mol. The van der Waals surface area contributed by atoms with Crippen LogP contribution in [-0.2, 0) is 4.79 Å². The van der Waals surface area contributed by atoms with Crippen molar-refractivity contribution < 1.29 is 9.90 Å². The lowest BCUT2D eigenvalue weighted by atomic mass is 10.2. The molecular weight excluding hydrogens is 396 g/mol. The Hall–Kier alpha value is -3.58. The van der Waals surface area contributed by atoms with Crippen LogP contribution in [-0.4, -0.2) is 31.5 Å². The summed E-state index contributed by atoms with van der Waals surface area (Å²) in [6.45, 7) is 1.90. The molecule has 0 radical (unpaired) electrons. The number of carbonyl (C=O) groups is 1. The quantitative estimate of drug-likeness (QED) is 0.352. The van der Waals surface area contributed by atoms with Crippen molar-refractivity contribution in [2.24, 2.45) is 0 Å². The third-order valence-corrected chi connectivity index (χ3v) is 5.37. The minimum absolute atomic E-state index is 0.0396. The van der Waals surface area contributed by atoms with Gasteiger partial charge in [0.1, 0.15) is 5.75 Å². The summed E-state index contributed by atoms with van der Waals surface area (Å²) in [6.07, 6.45) is 0. The van der Waals surface area contributed by atoms with Gasteiger partial charge in [0, 0.05) is 11.3 Å². The molecule has 0 aliphatic carbocycles. The van der Waals surface area contributed by atoms with Gasteiger partial charge in [-0.05, 0) is 36.8 Å². The highest BCUT2D eigenvalue weighted by molar-refractivity contribution is 7.99. The molecule has 0 fully saturated rings. The minimum Gasteiger partial charge on any atom is -0.506 e. The molecule has 3 aromatic carbocycles. The zero-order chi connectivity index (χ0) is 20.9. The fraction of sp³-hybridized carbons (Fsp3) is 0.0870. The highest BCUT2D eigenvalue weighted by Gasteiger charge is 2.17. The van der Waals surface area contributed by atoms with Crippen LogP contribution in [0.25, 0.3) is 17.1 Å². The largest absolute Gasteiger partial charge is 0.506 e. The molecule has 0 saturated carbocycles. The Morgan fingerprint density at radius 2 is 1.70 bits per heavy atom. The SMILES string of the molecule is Cc1ccc(O)c(NC(=O)CSc2nnc(-c3ccccc3)n2-c2ccccc2)c1. The van der Waals surface area contributed by atoms with Crippen LogP contribution in [0.15, 0.2) is 84.0 Å². The first-order valence-corrected chi connectivity index (χ1v) is 10.4. The zero-order valence-corrected chi connectivity index (χ0v) is 17.1. The summed E-state index contributed by atoms with van der Waals surface area (Å²) in [4.78, 5) is 12.5. The predicted molar refractivity (Wildman–Crippen MR) is 119 cm³/mol. The molecule has 0 spiro atoms. The molecule has 4 aromatic rings. The molecule has 1 aromatic heterocycles. The van der Waals surface area contributed by atoms with Crippen LogP contribution in [0.2, 0.25) is 0 Å². The van der Waals surface area contributed by atoms with Gasteiger partial charge in [0.25, 0.3) is 0 Å². The number of thioether (sulfide) groups is 1. The number of hydrogen-bond acceptors (Lipinski definition) is 5. The van der Waals surface area contributed by atoms with E-state index in [1.54, 1.807) is 18.2 Å². The Bertz CT molecular complexity index is 1160. The minimum atomic E-state index is -0.232. The van der Waals surface area contributed by atoms with Crippen LogP contribution in [0.3, 0.4) is 0 Å². The summed E-state index contributed by atoms with van der Waals surface area (Å²) in [7, 11) is 0. The number of rotatable bonds is 6. The van der Waals surface area contributed by atoms with Gasteiger partial charge in [0.05, 0.1) is 11.4 Å². The molecule has 1 amide bonds. The maximum atomic E-state index is 12.5. The van der Waals surface area contributed by atoms with Crippen molar-refractivity contribution >= 4 is 23.4 Å². The fourth-order valence-electron chi connectivity index (χ4n) is 3.01. The van der Waals surface area contributed by atoms with E-state index in [1.165, 1.54) is 11.8 Å². The number of nitrogens with zero attached hydrogens (tertiary/aromatic N) is 3. The lowest BCUT2D eigenvalue weighted by Gasteiger charge is -2.11. The number of hydrogen-bond donors (Lipinski definition) is 2. The van der Waals surface area contributed by atoms with Gasteiger partial charge in [-0.15, -0.1) is 10.2 Å². The van der Waals surface area contributed by atoms with Crippen molar-refractivity contribution in [3.63, 3.8) is 0 Å². The third kappa shape index (κ3) is 4.36. The van der Waals surface area contributed by atoms with Gasteiger partial charge >= 0.3 is 0 Å². The van der Waals surface area contributed by atoms with Gasteiger partial charge in [0.2, 0.25) is 5.91 Å². The number of nitrogens with one attached hydrogen (secondary N) is 1. The number of aryl methyl sites for hydroxylation is 1. The van der Waals surface area contributed by atoms with Crippen molar-refractivity contribution in [2.45, 2.75) is 12.1 Å². The monoisotopic (exact) mass is 416 g/mol. The van der Waals surface area contributed by atoms with Crippen molar-refractivity contribution in [3.05, 3.63) is 84.4 Å². The second-order valence-electron chi connectivity index (χ2n) is 6.70. The number of para-hydroxylation sites is 1. The fourth-order valence-corrected chi connectivity index (χ4v) is 3.77. The molecule has 0 atom stereocenters. The molecular formula is C23H20N4O2S. The third-order valence-electron chi connectivity index (χ3n) is 4.44. The maximum Gasteiger partial charge on any atom is 0.234 e. The van der Waals surface area contributed by atoms with E-state index in [-0.39, 0.29) is 17.4 Å². The number of aromatic hydroxyl groups is 1. The second kappa shape index (κ2) is 8.84. The molecule has 0 aliphatic rings. The van der Waals surface area contributed by atoms with E-state index in [9.17, 15) is 9.90 Å². The lowest BCUT2D eigenvalue weighted by Crippen LogP contribution is -2.14. The van der Waals surface area contributed by atoms with Gasteiger partial charge in [-0.3, -0.25) is 9.36 Å². The van der Waals surface area contributed by atoms with E-state index < -0.39 is 0 Å². The molecule has 4 rings (SSSR count). The average Bonchev–Trinajstić information content (AvgIpc) is 3.20. The van der Waals surface area contributed by atoms with Crippen LogP contribution < -0.4 is 5.32 Å². The molecule has 1 heterocycles. The van der Waals surface area contributed by atoms with Gasteiger partial charge in [-0.2, -0.15) is 0 Å². The first-order chi connectivity index (χ1) is 14.6. The number of amides is 1. The number of carbonyl (C=O) groups excluding carboxylic acids is 1. The van der Waals surface area contributed by atoms with Crippen molar-refractivity contribution in [1.82, 2.24) is 14.8 Å². The van der Waals surface area contributed by atoms with E-state index in [1.807, 2.05) is 72.2 Å². The Morgan fingerprint density at radius 3 is 2.43 bits per heavy atom. The van der Waals surface area contributed by atoms with E-state index in [2.05, 4.69) is 15.5 Å². The van der Waals surface area contributed by atoms with Crippen LogP contribution in [0.4, 0.5) is 5.69 Å². The first kappa shape index (κ1) is 19.7. The molecule has 2 N–H and O–H groups in total. The van der Waals surface area contributed by atoms with Gasteiger partial charge in [-0.1, -0.05) is 66.4 Å². The van der Waals surface area contributed by atoms with E-state index in [4.69, 9.17) is 0 Å². The summed E-state index contributed by atoms with van der Waals surface area (Å²) in [5.41, 5.74) is 3.21. The summed E-state index contributed by atoms with van der Waals surface area (Å²) < 4.78 is 1.94. The number of phenolic OH excluding ortho intramolecular Hbond substituents is 1. The smallest absolute Gasteiger partial charge is 0.234 e. The standard InChI is InChI=1S/C23H20N4O2S/c1-16-12-13-20(28)19(14-16)24-21(29)15-30-23-26-25-22(17-8-4-2-5-9-17)27(23)18-10-6-3-7-11-18/h2-14,28H,15H2,1H3,(H,24,29). The topological polar surface area (TPSA) is 80.0 Å². The van der Waals surface area contributed by atoms with Crippen molar-refractivity contribution in [1.29, 1.82) is 0 Å². The number of benzene rings is 3. The van der Waals surface area contributed by atoms with E-state index in [0.29, 0.717) is 16.7 Å². The second-order valence-corrected chi connectivity index (χ2v) is 7.64. The number of phenols is 1. The molecule has 0 aliphatic heterocycles. The van der Waals surface area contributed by atoms with Crippen LogP contribution in [0, 0.1) is 6.92 Å². The number of anilines is 1. The number of aromatic nitrogens is 3. The Labute approximate surface area is 178 Å². The first-order valence-electron chi connectivity index (χ1n) is 9.40. The van der Waals surface area contributed by atoms with Crippen molar-refractivity contribution in [3.8, 4) is 22.8 Å². The molecule has 30 heavy (non-hydrogen) atoms. The Kier molecular flexibility index (Phi) is 5.81. The Balaban J connectivity index is 1.58. The van der Waals surface area contributed by atoms with Gasteiger partial charge in [-0.25, -0.2) is 0 Å². The zero-order valence-electron chi connectivity index (χ0n) is 16.3. The van der Waals surface area contributed by atoms with Crippen LogP contribution in [0.1, 0.15) is 5.56 Å². The summed E-state index contributed by atoms with van der Waals surface area (Å²) in [5.74, 6) is 0.649. The lowest BCUT2D eigenvalue weighted by molar-refractivity contribution is -0.113. The van der Waals surface area contributed by atoms with Crippen molar-refractivity contribution in [2.75, 3.05) is 11.1 Å². The molecule has 6 nitrogen and oxygen atoms in total. The van der Waals surface area contributed by atoms with Crippen LogP contribution >= 0.6 is 11.8 Å². The molecule has 7 heteroatoms. The summed E-state index contributed by atoms with van der Waals surface area (Å²) in [6, 6.07) is 24.7. The molecule has 150 valence electrons. The van der Waals surface area contributed by atoms with E-state index >= 15 is 0 Å². The van der Waals surface area contributed by atoms with Gasteiger partial charge in [0.15, 0.2) is 11.0 Å². The summed E-state index contributed by atoms with van der Waals surface area (Å²) in [5, 5.41) is 22.0. The predicted octanol–water partition coefficient (Wildman–Crippen LogP) is 4.68. The molecule has 0 unspecified atom stereocenters.